The Morgan fingerprint density at radius 3 is 3.07 bits per heavy atom. The number of hydrogen-bond acceptors (Lipinski definition) is 2. The quantitative estimate of drug-likeness (QED) is 0.195. The minimum absolute atomic E-state index is 0.315. The van der Waals surface area contributed by atoms with Crippen LogP contribution in [0.5, 0.6) is 0 Å². The van der Waals surface area contributed by atoms with Gasteiger partial charge in [0.1, 0.15) is 5.15 Å². The molecule has 0 N–H and O–H groups in total. The predicted octanol–water partition coefficient (Wildman–Crippen LogP) is 3.44. The first-order valence-electron chi connectivity index (χ1n) is 4.05. The van der Waals surface area contributed by atoms with E-state index < -0.39 is 0 Å². The fraction of sp³-hybridized carbons (Fsp3) is 0.222. The van der Waals surface area contributed by atoms with Gasteiger partial charge in [0.15, 0.2) is 0 Å². The second-order valence-electron chi connectivity index (χ2n) is 2.50. The smallest absolute Gasteiger partial charge is 0.144 e. The van der Waals surface area contributed by atoms with Gasteiger partial charge in [0.2, 0.25) is 0 Å². The summed E-state index contributed by atoms with van der Waals surface area (Å²) in [7, 11) is 0. The molecule has 0 atom stereocenters. The topological polar surface area (TPSA) is 61.7 Å². The van der Waals surface area contributed by atoms with Crippen LogP contribution in [-0.2, 0) is 0 Å². The van der Waals surface area contributed by atoms with Crippen LogP contribution in [-0.4, -0.2) is 11.5 Å². The van der Waals surface area contributed by atoms with Gasteiger partial charge in [0, 0.05) is 24.1 Å². The molecule has 6 heteroatoms. The molecule has 0 aliphatic heterocycles. The Balaban J connectivity index is 2.70. The van der Waals surface area contributed by atoms with Crippen LogP contribution in [0.1, 0.15) is 12.0 Å². The van der Waals surface area contributed by atoms with Crippen LogP contribution in [0.4, 0.5) is 0 Å². The highest BCUT2D eigenvalue weighted by Gasteiger charge is 1.98. The summed E-state index contributed by atoms with van der Waals surface area (Å²) < 4.78 is 0. The third-order valence-electron chi connectivity index (χ3n) is 1.43. The Morgan fingerprint density at radius 1 is 1.53 bits per heavy atom. The molecule has 1 aromatic rings. The Bertz CT molecular complexity index is 455. The maximum atomic E-state index is 8.02. The van der Waals surface area contributed by atoms with Crippen LogP contribution in [0.3, 0.4) is 0 Å². The molecular weight excluding hydrogens is 235 g/mol. The molecule has 0 amide bonds. The molecule has 0 bridgehead atoms. The molecular formula is C9H6Cl2N4. The predicted molar refractivity (Wildman–Crippen MR) is 59.8 cm³/mol. The first-order valence-corrected chi connectivity index (χ1v) is 4.80. The third-order valence-corrected chi connectivity index (χ3v) is 1.94. The molecule has 0 fully saturated rings. The zero-order chi connectivity index (χ0) is 11.1. The zero-order valence-electron chi connectivity index (χ0n) is 7.61. The lowest BCUT2D eigenvalue weighted by Gasteiger charge is -1.94. The fourth-order valence-electron chi connectivity index (χ4n) is 0.819. The Hall–Kier alpha value is -1.40. The normalized spacial score (nSPS) is 8.67. The van der Waals surface area contributed by atoms with E-state index in [9.17, 15) is 0 Å². The number of aromatic nitrogens is 1. The van der Waals surface area contributed by atoms with Gasteiger partial charge in [-0.15, -0.1) is 0 Å². The number of halogens is 2. The zero-order valence-corrected chi connectivity index (χ0v) is 9.13. The maximum absolute atomic E-state index is 8.02. The molecule has 0 aliphatic carbocycles. The summed E-state index contributed by atoms with van der Waals surface area (Å²) in [6.07, 6.45) is 1.93. The summed E-state index contributed by atoms with van der Waals surface area (Å²) in [5.41, 5.74) is 8.60. The molecule has 0 unspecified atom stereocenters. The Kier molecular flexibility index (Phi) is 4.79. The van der Waals surface area contributed by atoms with Gasteiger partial charge in [-0.3, -0.25) is 0 Å². The van der Waals surface area contributed by atoms with Gasteiger partial charge >= 0.3 is 0 Å². The van der Waals surface area contributed by atoms with Gasteiger partial charge < -0.3 is 0 Å². The van der Waals surface area contributed by atoms with Crippen LogP contribution >= 0.6 is 23.2 Å². The van der Waals surface area contributed by atoms with Crippen LogP contribution in [0.25, 0.3) is 10.4 Å². The molecule has 1 rings (SSSR count). The van der Waals surface area contributed by atoms with Crippen molar-refractivity contribution in [2.75, 3.05) is 6.54 Å². The monoisotopic (exact) mass is 240 g/mol. The Labute approximate surface area is 96.9 Å². The summed E-state index contributed by atoms with van der Waals surface area (Å²) in [6.45, 7) is 0.342. The molecule has 0 aliphatic rings. The highest BCUT2D eigenvalue weighted by Crippen LogP contribution is 2.16. The fourth-order valence-corrected chi connectivity index (χ4v) is 1.13. The number of azide groups is 1. The van der Waals surface area contributed by atoms with Crippen LogP contribution in [0.15, 0.2) is 17.4 Å². The van der Waals surface area contributed by atoms with Crippen molar-refractivity contribution in [1.82, 2.24) is 4.98 Å². The van der Waals surface area contributed by atoms with E-state index in [0.29, 0.717) is 28.7 Å². The van der Waals surface area contributed by atoms with E-state index in [1.165, 1.54) is 6.20 Å². The largest absolute Gasteiger partial charge is 0.242 e. The highest BCUT2D eigenvalue weighted by atomic mass is 35.5. The van der Waals surface area contributed by atoms with Crippen molar-refractivity contribution >= 4 is 23.2 Å². The minimum atomic E-state index is 0.315. The van der Waals surface area contributed by atoms with Crippen LogP contribution < -0.4 is 0 Å². The number of nitrogens with zero attached hydrogens (tertiary/aromatic N) is 4. The summed E-state index contributed by atoms with van der Waals surface area (Å²) in [4.78, 5) is 6.45. The second kappa shape index (κ2) is 6.15. The van der Waals surface area contributed by atoms with Gasteiger partial charge in [-0.1, -0.05) is 40.2 Å². The molecule has 0 spiro atoms. The number of rotatable bonds is 2. The maximum Gasteiger partial charge on any atom is 0.144 e. The lowest BCUT2D eigenvalue weighted by Crippen LogP contribution is -1.82. The standard InChI is InChI=1S/C9H6Cl2N4/c10-8-5-7(9(11)13-6-8)3-1-2-4-14-15-12/h5-6H,2,4H2. The van der Waals surface area contributed by atoms with E-state index in [-0.39, 0.29) is 0 Å². The number of pyridine rings is 1. The van der Waals surface area contributed by atoms with Gasteiger partial charge in [-0.25, -0.2) is 4.98 Å². The van der Waals surface area contributed by atoms with E-state index in [0.717, 1.165) is 0 Å². The summed E-state index contributed by atoms with van der Waals surface area (Å²) in [6, 6.07) is 1.64. The summed E-state index contributed by atoms with van der Waals surface area (Å²) in [5.74, 6) is 5.61. The minimum Gasteiger partial charge on any atom is -0.242 e. The number of hydrogen-bond donors (Lipinski definition) is 0. The molecule has 1 heterocycles. The molecule has 76 valence electrons. The molecule has 0 radical (unpaired) electrons. The second-order valence-corrected chi connectivity index (χ2v) is 3.29. The molecule has 0 saturated heterocycles. The van der Waals surface area contributed by atoms with Gasteiger partial charge in [-0.05, 0) is 11.6 Å². The lowest BCUT2D eigenvalue weighted by atomic mass is 10.3. The molecule has 0 saturated carbocycles. The van der Waals surface area contributed by atoms with Crippen molar-refractivity contribution < 1.29 is 0 Å². The van der Waals surface area contributed by atoms with Crippen molar-refractivity contribution in [3.8, 4) is 11.8 Å². The molecule has 4 nitrogen and oxygen atoms in total. The van der Waals surface area contributed by atoms with E-state index in [2.05, 4.69) is 26.9 Å². The van der Waals surface area contributed by atoms with Gasteiger partial charge in [0.05, 0.1) is 10.6 Å². The van der Waals surface area contributed by atoms with E-state index in [1.54, 1.807) is 6.07 Å². The first-order chi connectivity index (χ1) is 7.24. The van der Waals surface area contributed by atoms with E-state index >= 15 is 0 Å². The van der Waals surface area contributed by atoms with Gasteiger partial charge in [0.25, 0.3) is 0 Å². The van der Waals surface area contributed by atoms with Crippen LogP contribution in [0.2, 0.25) is 10.2 Å². The summed E-state index contributed by atoms with van der Waals surface area (Å²) in [5, 5.41) is 4.15. The van der Waals surface area contributed by atoms with Crippen molar-refractivity contribution in [2.45, 2.75) is 6.42 Å². The SMILES string of the molecule is [N-]=[N+]=NCCC#Cc1cc(Cl)cnc1Cl. The molecule has 1 aromatic heterocycles. The van der Waals surface area contributed by atoms with E-state index in [4.69, 9.17) is 28.7 Å². The highest BCUT2D eigenvalue weighted by molar-refractivity contribution is 6.32. The molecule has 0 aromatic carbocycles. The summed E-state index contributed by atoms with van der Waals surface area (Å²) >= 11 is 11.5. The van der Waals surface area contributed by atoms with Crippen molar-refractivity contribution in [3.63, 3.8) is 0 Å². The third kappa shape index (κ3) is 4.09. The average Bonchev–Trinajstić information content (AvgIpc) is 2.23. The Morgan fingerprint density at radius 2 is 2.33 bits per heavy atom. The van der Waals surface area contributed by atoms with Crippen LogP contribution in [0, 0.1) is 11.8 Å². The molecule has 15 heavy (non-hydrogen) atoms. The van der Waals surface area contributed by atoms with E-state index in [1.807, 2.05) is 0 Å². The lowest BCUT2D eigenvalue weighted by molar-refractivity contribution is 1.01. The average molecular weight is 241 g/mol. The van der Waals surface area contributed by atoms with Gasteiger partial charge in [-0.2, -0.15) is 0 Å². The van der Waals surface area contributed by atoms with Crippen molar-refractivity contribution in [2.24, 2.45) is 5.11 Å². The van der Waals surface area contributed by atoms with Crippen molar-refractivity contribution in [1.29, 1.82) is 0 Å². The first kappa shape index (κ1) is 11.7. The van der Waals surface area contributed by atoms with Crippen molar-refractivity contribution in [3.05, 3.63) is 38.4 Å².